The predicted molar refractivity (Wildman–Crippen MR) is 84.4 cm³/mol. The molecule has 3 heterocycles. The van der Waals surface area contributed by atoms with Crippen molar-refractivity contribution in [1.82, 2.24) is 9.88 Å². The van der Waals surface area contributed by atoms with Crippen molar-refractivity contribution in [3.63, 3.8) is 0 Å². The Morgan fingerprint density at radius 1 is 1.45 bits per heavy atom. The van der Waals surface area contributed by atoms with Gasteiger partial charge in [-0.25, -0.2) is 4.98 Å². The predicted octanol–water partition coefficient (Wildman–Crippen LogP) is 4.28. The van der Waals surface area contributed by atoms with E-state index in [9.17, 15) is 4.79 Å². The highest BCUT2D eigenvalue weighted by Gasteiger charge is 2.27. The molecule has 0 radical (unpaired) electrons. The average Bonchev–Trinajstić information content (AvgIpc) is 3.16. The lowest BCUT2D eigenvalue weighted by Crippen LogP contribution is -2.43. The minimum absolute atomic E-state index is 0.107. The molecule has 106 valence electrons. The first-order valence-corrected chi connectivity index (χ1v) is 8.86. The Hall–Kier alpha value is -1.20. The Bertz CT molecular complexity index is 576. The van der Waals surface area contributed by atoms with Crippen molar-refractivity contribution in [3.8, 4) is 9.88 Å². The molecule has 2 aromatic heterocycles. The van der Waals surface area contributed by atoms with E-state index in [-0.39, 0.29) is 5.91 Å². The van der Waals surface area contributed by atoms with Crippen LogP contribution in [0.3, 0.4) is 0 Å². The molecule has 0 spiro atoms. The topological polar surface area (TPSA) is 33.2 Å². The highest BCUT2D eigenvalue weighted by atomic mass is 32.1. The fourth-order valence-corrected chi connectivity index (χ4v) is 4.33. The maximum Gasteiger partial charge on any atom is 0.273 e. The minimum Gasteiger partial charge on any atom is -0.334 e. The van der Waals surface area contributed by atoms with Crippen molar-refractivity contribution >= 4 is 28.6 Å². The Kier molecular flexibility index (Phi) is 4.17. The quantitative estimate of drug-likeness (QED) is 0.848. The highest BCUT2D eigenvalue weighted by Crippen LogP contribution is 2.29. The summed E-state index contributed by atoms with van der Waals surface area (Å²) in [6, 6.07) is 4.46. The van der Waals surface area contributed by atoms with Crippen molar-refractivity contribution < 1.29 is 4.79 Å². The minimum atomic E-state index is 0.107. The van der Waals surface area contributed by atoms with Gasteiger partial charge in [0.25, 0.3) is 5.91 Å². The molecule has 0 saturated carbocycles. The zero-order valence-corrected chi connectivity index (χ0v) is 13.2. The van der Waals surface area contributed by atoms with Crippen molar-refractivity contribution in [3.05, 3.63) is 28.6 Å². The molecule has 0 bridgehead atoms. The van der Waals surface area contributed by atoms with Gasteiger partial charge >= 0.3 is 0 Å². The summed E-state index contributed by atoms with van der Waals surface area (Å²) in [4.78, 5) is 20.3. The first-order chi connectivity index (χ1) is 9.79. The summed E-state index contributed by atoms with van der Waals surface area (Å²) in [6.45, 7) is 3.04. The lowest BCUT2D eigenvalue weighted by atomic mass is 10.00. The van der Waals surface area contributed by atoms with E-state index in [2.05, 4.69) is 11.9 Å². The van der Waals surface area contributed by atoms with E-state index in [1.165, 1.54) is 6.42 Å². The molecule has 20 heavy (non-hydrogen) atoms. The van der Waals surface area contributed by atoms with Gasteiger partial charge in [-0.3, -0.25) is 4.79 Å². The van der Waals surface area contributed by atoms with Gasteiger partial charge in [-0.15, -0.1) is 22.7 Å². The number of rotatable bonds is 3. The number of likely N-dealkylation sites (tertiary alicyclic amines) is 1. The van der Waals surface area contributed by atoms with Crippen molar-refractivity contribution in [2.24, 2.45) is 0 Å². The summed E-state index contributed by atoms with van der Waals surface area (Å²) in [6.07, 6.45) is 4.52. The van der Waals surface area contributed by atoms with Crippen LogP contribution in [0.4, 0.5) is 0 Å². The molecular weight excluding hydrogens is 288 g/mol. The maximum absolute atomic E-state index is 12.6. The van der Waals surface area contributed by atoms with Crippen molar-refractivity contribution in [2.45, 2.75) is 38.6 Å². The van der Waals surface area contributed by atoms with E-state index in [0.717, 1.165) is 35.7 Å². The van der Waals surface area contributed by atoms with Crippen LogP contribution in [-0.2, 0) is 0 Å². The second-order valence-corrected chi connectivity index (χ2v) is 6.88. The van der Waals surface area contributed by atoms with E-state index >= 15 is 0 Å². The van der Waals surface area contributed by atoms with Crippen LogP contribution in [0.5, 0.6) is 0 Å². The maximum atomic E-state index is 12.6. The third-order valence-electron chi connectivity index (χ3n) is 3.81. The van der Waals surface area contributed by atoms with E-state index in [0.29, 0.717) is 11.7 Å². The lowest BCUT2D eigenvalue weighted by Gasteiger charge is -2.34. The van der Waals surface area contributed by atoms with Crippen LogP contribution < -0.4 is 0 Å². The normalized spacial score (nSPS) is 19.2. The first-order valence-electron chi connectivity index (χ1n) is 7.10. The second-order valence-electron chi connectivity index (χ2n) is 5.07. The number of hydrogen-bond donors (Lipinski definition) is 0. The smallest absolute Gasteiger partial charge is 0.273 e. The molecule has 1 fully saturated rings. The van der Waals surface area contributed by atoms with Crippen LogP contribution in [-0.4, -0.2) is 28.4 Å². The molecule has 1 atom stereocenters. The number of piperidine rings is 1. The molecule has 1 unspecified atom stereocenters. The van der Waals surface area contributed by atoms with Gasteiger partial charge in [0, 0.05) is 18.0 Å². The van der Waals surface area contributed by atoms with Gasteiger partial charge in [0.1, 0.15) is 10.7 Å². The number of hydrogen-bond acceptors (Lipinski definition) is 4. The Labute approximate surface area is 127 Å². The fourth-order valence-electron chi connectivity index (χ4n) is 2.72. The van der Waals surface area contributed by atoms with E-state index in [1.54, 1.807) is 22.7 Å². The molecule has 2 aromatic rings. The molecule has 1 amide bonds. The molecule has 1 aliphatic heterocycles. The van der Waals surface area contributed by atoms with Gasteiger partial charge in [-0.1, -0.05) is 13.0 Å². The van der Waals surface area contributed by atoms with E-state index < -0.39 is 0 Å². The molecule has 1 saturated heterocycles. The second kappa shape index (κ2) is 6.06. The molecular formula is C15H18N2OS2. The zero-order valence-electron chi connectivity index (χ0n) is 11.5. The molecule has 3 nitrogen and oxygen atoms in total. The third-order valence-corrected chi connectivity index (χ3v) is 5.70. The zero-order chi connectivity index (χ0) is 13.9. The van der Waals surface area contributed by atoms with Gasteiger partial charge in [-0.2, -0.15) is 0 Å². The molecule has 5 heteroatoms. The molecule has 3 rings (SSSR count). The Morgan fingerprint density at radius 3 is 3.10 bits per heavy atom. The monoisotopic (exact) mass is 306 g/mol. The third kappa shape index (κ3) is 2.65. The summed E-state index contributed by atoms with van der Waals surface area (Å²) in [7, 11) is 0. The van der Waals surface area contributed by atoms with Crippen LogP contribution >= 0.6 is 22.7 Å². The van der Waals surface area contributed by atoms with Crippen molar-refractivity contribution in [2.75, 3.05) is 6.54 Å². The number of thiophene rings is 1. The summed E-state index contributed by atoms with van der Waals surface area (Å²) in [5, 5.41) is 4.89. The number of thiazole rings is 1. The summed E-state index contributed by atoms with van der Waals surface area (Å²) >= 11 is 3.22. The van der Waals surface area contributed by atoms with Gasteiger partial charge in [0.05, 0.1) is 4.88 Å². The molecule has 0 N–H and O–H groups in total. The average molecular weight is 306 g/mol. The number of amides is 1. The standard InChI is InChI=1S/C15H18N2OS2/c1-2-11-6-3-4-8-17(11)15(18)12-10-20-14(16-12)13-7-5-9-19-13/h5,7,9-11H,2-4,6,8H2,1H3. The lowest BCUT2D eigenvalue weighted by molar-refractivity contribution is 0.0603. The Morgan fingerprint density at radius 2 is 2.35 bits per heavy atom. The van der Waals surface area contributed by atoms with Gasteiger partial charge in [0.2, 0.25) is 0 Å². The van der Waals surface area contributed by atoms with Crippen LogP contribution in [0.2, 0.25) is 0 Å². The number of nitrogens with zero attached hydrogens (tertiary/aromatic N) is 2. The number of aromatic nitrogens is 1. The van der Waals surface area contributed by atoms with Crippen LogP contribution in [0.25, 0.3) is 9.88 Å². The SMILES string of the molecule is CCC1CCCCN1C(=O)c1csc(-c2cccs2)n1. The molecule has 1 aliphatic rings. The molecule has 0 aromatic carbocycles. The summed E-state index contributed by atoms with van der Waals surface area (Å²) in [5.41, 5.74) is 0.610. The number of carbonyl (C=O) groups excluding carboxylic acids is 1. The number of carbonyl (C=O) groups is 1. The van der Waals surface area contributed by atoms with Gasteiger partial charge < -0.3 is 4.90 Å². The van der Waals surface area contributed by atoms with Crippen molar-refractivity contribution in [1.29, 1.82) is 0 Å². The Balaban J connectivity index is 1.80. The largest absolute Gasteiger partial charge is 0.334 e. The fraction of sp³-hybridized carbons (Fsp3) is 0.467. The van der Waals surface area contributed by atoms with Gasteiger partial charge in [-0.05, 0) is 37.1 Å². The summed E-state index contributed by atoms with van der Waals surface area (Å²) < 4.78 is 0. The van der Waals surface area contributed by atoms with Crippen LogP contribution in [0, 0.1) is 0 Å². The van der Waals surface area contributed by atoms with Crippen LogP contribution in [0.1, 0.15) is 43.1 Å². The van der Waals surface area contributed by atoms with Crippen LogP contribution in [0.15, 0.2) is 22.9 Å². The van der Waals surface area contributed by atoms with Gasteiger partial charge in [0.15, 0.2) is 0 Å². The summed E-state index contributed by atoms with van der Waals surface area (Å²) in [5.74, 6) is 0.107. The highest BCUT2D eigenvalue weighted by molar-refractivity contribution is 7.20. The first kappa shape index (κ1) is 13.8. The van der Waals surface area contributed by atoms with E-state index in [4.69, 9.17) is 0 Å². The molecule has 0 aliphatic carbocycles. The van der Waals surface area contributed by atoms with E-state index in [1.807, 2.05) is 27.8 Å².